The molecule has 0 aliphatic heterocycles. The molecule has 0 aromatic heterocycles. The van der Waals surface area contributed by atoms with Crippen molar-refractivity contribution in [3.63, 3.8) is 0 Å². The van der Waals surface area contributed by atoms with Gasteiger partial charge in [-0.2, -0.15) is 0 Å². The van der Waals surface area contributed by atoms with Crippen LogP contribution in [0.15, 0.2) is 30.3 Å². The molecule has 0 fully saturated rings. The van der Waals surface area contributed by atoms with Crippen molar-refractivity contribution in [2.45, 2.75) is 52.7 Å². The van der Waals surface area contributed by atoms with Crippen LogP contribution >= 0.6 is 0 Å². The van der Waals surface area contributed by atoms with Crippen LogP contribution in [0, 0.1) is 5.92 Å². The van der Waals surface area contributed by atoms with E-state index in [0.29, 0.717) is 0 Å². The number of Topliss-reactive ketones (excluding diaryl/α,β-unsaturated/α-hetero) is 1. The largest absolute Gasteiger partial charge is 0.456 e. The molecule has 25 heavy (non-hydrogen) atoms. The predicted molar refractivity (Wildman–Crippen MR) is 94.1 cm³/mol. The van der Waals surface area contributed by atoms with E-state index in [1.807, 2.05) is 30.3 Å². The Morgan fingerprint density at radius 2 is 1.68 bits per heavy atom. The Kier molecular flexibility index (Phi) is 7.61. The van der Waals surface area contributed by atoms with Crippen molar-refractivity contribution in [2.75, 3.05) is 6.61 Å². The molecule has 1 aromatic carbocycles. The highest BCUT2D eigenvalue weighted by Gasteiger charge is 2.28. The summed E-state index contributed by atoms with van der Waals surface area (Å²) in [6.45, 7) is 8.42. The lowest BCUT2D eigenvalue weighted by molar-refractivity contribution is -0.151. The van der Waals surface area contributed by atoms with Crippen molar-refractivity contribution in [1.29, 1.82) is 0 Å². The van der Waals surface area contributed by atoms with Crippen molar-refractivity contribution < 1.29 is 23.9 Å². The van der Waals surface area contributed by atoms with E-state index >= 15 is 0 Å². The second kappa shape index (κ2) is 9.20. The third-order valence-electron chi connectivity index (χ3n) is 3.21. The van der Waals surface area contributed by atoms with Crippen molar-refractivity contribution in [2.24, 2.45) is 5.92 Å². The third kappa shape index (κ3) is 8.33. The van der Waals surface area contributed by atoms with Crippen molar-refractivity contribution in [1.82, 2.24) is 5.32 Å². The molecule has 0 aliphatic rings. The van der Waals surface area contributed by atoms with E-state index in [4.69, 9.17) is 9.47 Å². The lowest BCUT2D eigenvalue weighted by atomic mass is 10.1. The maximum atomic E-state index is 12.2. The number of benzene rings is 1. The molecule has 6 nitrogen and oxygen atoms in total. The zero-order valence-corrected chi connectivity index (χ0v) is 15.5. The molecule has 0 saturated heterocycles. The molecule has 1 rings (SSSR count). The Morgan fingerprint density at radius 3 is 2.20 bits per heavy atom. The van der Waals surface area contributed by atoms with Gasteiger partial charge in [0.1, 0.15) is 18.2 Å². The van der Waals surface area contributed by atoms with Gasteiger partial charge in [-0.25, -0.2) is 9.59 Å². The van der Waals surface area contributed by atoms with Gasteiger partial charge in [0.05, 0.1) is 0 Å². The Bertz CT molecular complexity index is 590. The van der Waals surface area contributed by atoms with Crippen LogP contribution in [0.4, 0.5) is 4.79 Å². The fourth-order valence-corrected chi connectivity index (χ4v) is 2.05. The van der Waals surface area contributed by atoms with Crippen LogP contribution in [0.3, 0.4) is 0 Å². The number of ether oxygens (including phenoxy) is 2. The smallest absolute Gasteiger partial charge is 0.408 e. The Hall–Kier alpha value is -2.37. The first kappa shape index (κ1) is 20.7. The molecule has 1 atom stereocenters. The molecule has 0 radical (unpaired) electrons. The minimum Gasteiger partial charge on any atom is -0.456 e. The summed E-state index contributed by atoms with van der Waals surface area (Å²) in [5.41, 5.74) is 0.192. The molecule has 0 aliphatic carbocycles. The number of carbonyl (C=O) groups excluding carboxylic acids is 3. The molecule has 0 unspecified atom stereocenters. The maximum Gasteiger partial charge on any atom is 0.408 e. The second-order valence-electron chi connectivity index (χ2n) is 7.18. The normalized spacial score (nSPS) is 12.4. The fourth-order valence-electron chi connectivity index (χ4n) is 2.05. The summed E-state index contributed by atoms with van der Waals surface area (Å²) in [5, 5.41) is 2.50. The average Bonchev–Trinajstić information content (AvgIpc) is 2.49. The zero-order chi connectivity index (χ0) is 19.0. The molecular weight excluding hydrogens is 322 g/mol. The van der Waals surface area contributed by atoms with Crippen LogP contribution in [0.5, 0.6) is 0 Å². The monoisotopic (exact) mass is 349 g/mol. The molecule has 6 heteroatoms. The average molecular weight is 349 g/mol. The van der Waals surface area contributed by atoms with E-state index in [0.717, 1.165) is 5.56 Å². The van der Waals surface area contributed by atoms with Crippen LogP contribution in [0.1, 0.15) is 40.2 Å². The minimum atomic E-state index is -0.876. The van der Waals surface area contributed by atoms with Gasteiger partial charge in [0.15, 0.2) is 5.78 Å². The van der Waals surface area contributed by atoms with Gasteiger partial charge in [0.25, 0.3) is 0 Å². The standard InChI is InChI=1S/C19H27NO5/c1-13(2)16(20-18(23)25-19(3,4)5)17(22)24-12-15(21)11-14-9-7-6-8-10-14/h6-10,13,16H,11-12H2,1-5H3,(H,20,23)/t16-/m0/s1. The molecule has 0 saturated carbocycles. The van der Waals surface area contributed by atoms with Gasteiger partial charge in [0.2, 0.25) is 0 Å². The van der Waals surface area contributed by atoms with Crippen molar-refractivity contribution in [3.05, 3.63) is 35.9 Å². The number of rotatable bonds is 7. The second-order valence-corrected chi connectivity index (χ2v) is 7.18. The van der Waals surface area contributed by atoms with Crippen molar-refractivity contribution in [3.8, 4) is 0 Å². The van der Waals surface area contributed by atoms with E-state index in [2.05, 4.69) is 5.32 Å². The molecule has 0 spiro atoms. The predicted octanol–water partition coefficient (Wildman–Crippen LogP) is 2.89. The van der Waals surface area contributed by atoms with Crippen LogP contribution in [-0.2, 0) is 25.5 Å². The molecule has 1 amide bonds. The Balaban J connectivity index is 2.53. The summed E-state index contributed by atoms with van der Waals surface area (Å²) >= 11 is 0. The lowest BCUT2D eigenvalue weighted by Crippen LogP contribution is -2.47. The van der Waals surface area contributed by atoms with E-state index in [9.17, 15) is 14.4 Å². The van der Waals surface area contributed by atoms with Gasteiger partial charge in [0, 0.05) is 6.42 Å². The first-order valence-corrected chi connectivity index (χ1v) is 8.30. The molecular formula is C19H27NO5. The van der Waals surface area contributed by atoms with Gasteiger partial charge < -0.3 is 14.8 Å². The third-order valence-corrected chi connectivity index (χ3v) is 3.21. The van der Waals surface area contributed by atoms with E-state index in [-0.39, 0.29) is 24.7 Å². The van der Waals surface area contributed by atoms with Gasteiger partial charge >= 0.3 is 12.1 Å². The van der Waals surface area contributed by atoms with Gasteiger partial charge in [-0.1, -0.05) is 44.2 Å². The van der Waals surface area contributed by atoms with Crippen molar-refractivity contribution >= 4 is 17.8 Å². The lowest BCUT2D eigenvalue weighted by Gasteiger charge is -2.24. The number of amides is 1. The Labute approximate surface area is 148 Å². The number of hydrogen-bond donors (Lipinski definition) is 1. The van der Waals surface area contributed by atoms with E-state index in [1.165, 1.54) is 0 Å². The Morgan fingerprint density at radius 1 is 1.08 bits per heavy atom. The SMILES string of the molecule is CC(C)[C@H](NC(=O)OC(C)(C)C)C(=O)OCC(=O)Cc1ccccc1. The highest BCUT2D eigenvalue weighted by molar-refractivity contribution is 5.86. The molecule has 138 valence electrons. The number of hydrogen-bond acceptors (Lipinski definition) is 5. The summed E-state index contributed by atoms with van der Waals surface area (Å²) in [6.07, 6.45) is -0.501. The van der Waals surface area contributed by atoms with Crippen LogP contribution in [0.25, 0.3) is 0 Å². The molecule has 1 aromatic rings. The van der Waals surface area contributed by atoms with Gasteiger partial charge in [-0.3, -0.25) is 4.79 Å². The summed E-state index contributed by atoms with van der Waals surface area (Å²) in [4.78, 5) is 36.0. The molecule has 0 bridgehead atoms. The number of nitrogens with one attached hydrogen (secondary N) is 1. The zero-order valence-electron chi connectivity index (χ0n) is 15.5. The maximum absolute atomic E-state index is 12.2. The fraction of sp³-hybridized carbons (Fsp3) is 0.526. The van der Waals surface area contributed by atoms with Crippen LogP contribution in [0.2, 0.25) is 0 Å². The number of esters is 1. The number of ketones is 1. The highest BCUT2D eigenvalue weighted by Crippen LogP contribution is 2.10. The van der Waals surface area contributed by atoms with Crippen LogP contribution in [-0.4, -0.2) is 36.1 Å². The molecule has 1 N–H and O–H groups in total. The van der Waals surface area contributed by atoms with Gasteiger partial charge in [-0.15, -0.1) is 0 Å². The number of alkyl carbamates (subject to hydrolysis) is 1. The summed E-state index contributed by atoms with van der Waals surface area (Å²) in [6, 6.07) is 8.34. The van der Waals surface area contributed by atoms with Gasteiger partial charge in [-0.05, 0) is 32.3 Å². The number of carbonyl (C=O) groups is 3. The molecule has 0 heterocycles. The quantitative estimate of drug-likeness (QED) is 0.766. The highest BCUT2D eigenvalue weighted by atomic mass is 16.6. The first-order valence-electron chi connectivity index (χ1n) is 8.30. The first-order chi connectivity index (χ1) is 11.6. The summed E-state index contributed by atoms with van der Waals surface area (Å²) in [7, 11) is 0. The minimum absolute atomic E-state index is 0.194. The topological polar surface area (TPSA) is 81.7 Å². The van der Waals surface area contributed by atoms with Crippen LogP contribution < -0.4 is 5.32 Å². The summed E-state index contributed by atoms with van der Waals surface area (Å²) < 4.78 is 10.2. The van der Waals surface area contributed by atoms with E-state index < -0.39 is 23.7 Å². The summed E-state index contributed by atoms with van der Waals surface area (Å²) in [5.74, 6) is -1.06. The van der Waals surface area contributed by atoms with E-state index in [1.54, 1.807) is 34.6 Å².